The number of H-pyrrole nitrogens is 1. The monoisotopic (exact) mass is 515 g/mol. The normalized spacial score (nSPS) is 11.0. The molecule has 8 nitrogen and oxygen atoms in total. The Hall–Kier alpha value is -4.56. The van der Waals surface area contributed by atoms with Crippen LogP contribution in [0.4, 0.5) is 5.69 Å². The Morgan fingerprint density at radius 1 is 1.08 bits per heavy atom. The highest BCUT2D eigenvalue weighted by atomic mass is 35.5. The molecule has 186 valence electrons. The number of aromatic nitrogens is 2. The lowest BCUT2D eigenvalue weighted by molar-refractivity contribution is 0.101. The third-order valence-electron chi connectivity index (χ3n) is 6.00. The number of carbonyl (C=O) groups excluding carboxylic acids is 2. The first-order chi connectivity index (χ1) is 17.8. The smallest absolute Gasteiger partial charge is 0.273 e. The number of methoxy groups -OCH3 is 1. The average Bonchev–Trinajstić information content (AvgIpc) is 3.51. The van der Waals surface area contributed by atoms with Crippen molar-refractivity contribution in [3.8, 4) is 22.8 Å². The van der Waals surface area contributed by atoms with Crippen molar-refractivity contribution < 1.29 is 23.8 Å². The van der Waals surface area contributed by atoms with Gasteiger partial charge in [0.2, 0.25) is 5.78 Å². The zero-order valence-corrected chi connectivity index (χ0v) is 20.9. The lowest BCUT2D eigenvalue weighted by atomic mass is 10.0. The fourth-order valence-corrected chi connectivity index (χ4v) is 4.44. The molecule has 0 aliphatic heterocycles. The molecule has 0 spiro atoms. The van der Waals surface area contributed by atoms with Gasteiger partial charge in [0.05, 0.1) is 23.5 Å². The number of carbonyl (C=O) groups is 2. The highest BCUT2D eigenvalue weighted by molar-refractivity contribution is 6.32. The van der Waals surface area contributed by atoms with E-state index in [2.05, 4.69) is 15.5 Å². The molecular formula is C28H22ClN3O5. The van der Waals surface area contributed by atoms with Gasteiger partial charge in [-0.2, -0.15) is 5.10 Å². The summed E-state index contributed by atoms with van der Waals surface area (Å²) in [6, 6.07) is 16.8. The number of phenolic OH excluding ortho intramolecular Hbond substituents is 1. The molecular weight excluding hydrogens is 494 g/mol. The first-order valence-electron chi connectivity index (χ1n) is 11.3. The molecule has 0 saturated heterocycles. The van der Waals surface area contributed by atoms with Crippen LogP contribution in [0.25, 0.3) is 22.2 Å². The molecule has 3 N–H and O–H groups in total. The van der Waals surface area contributed by atoms with E-state index in [1.807, 2.05) is 13.0 Å². The number of para-hydroxylation sites is 1. The Morgan fingerprint density at radius 3 is 2.62 bits per heavy atom. The van der Waals surface area contributed by atoms with Gasteiger partial charge in [-0.15, -0.1) is 0 Å². The number of hydrogen-bond donors (Lipinski definition) is 3. The van der Waals surface area contributed by atoms with Crippen molar-refractivity contribution in [1.82, 2.24) is 10.2 Å². The molecule has 0 radical (unpaired) electrons. The number of aromatic amines is 1. The zero-order chi connectivity index (χ0) is 26.3. The number of nitrogens with one attached hydrogen (secondary N) is 2. The van der Waals surface area contributed by atoms with E-state index in [9.17, 15) is 14.7 Å². The summed E-state index contributed by atoms with van der Waals surface area (Å²) in [6.07, 6.45) is 0. The van der Waals surface area contributed by atoms with E-state index in [0.29, 0.717) is 33.5 Å². The van der Waals surface area contributed by atoms with Crippen molar-refractivity contribution in [2.24, 2.45) is 0 Å². The number of fused-ring (bicyclic) bond motifs is 1. The fraction of sp³-hybridized carbons (Fsp3) is 0.107. The van der Waals surface area contributed by atoms with Crippen LogP contribution in [0.1, 0.15) is 37.7 Å². The summed E-state index contributed by atoms with van der Waals surface area (Å²) in [5.74, 6) is -0.503. The van der Waals surface area contributed by atoms with Gasteiger partial charge >= 0.3 is 0 Å². The molecule has 0 atom stereocenters. The summed E-state index contributed by atoms with van der Waals surface area (Å²) in [5.41, 5.74) is 3.65. The van der Waals surface area contributed by atoms with Crippen LogP contribution < -0.4 is 10.1 Å². The molecule has 0 aliphatic rings. The van der Waals surface area contributed by atoms with E-state index < -0.39 is 11.7 Å². The third-order valence-corrected chi connectivity index (χ3v) is 6.29. The van der Waals surface area contributed by atoms with Crippen LogP contribution in [0.15, 0.2) is 65.1 Å². The molecule has 2 aromatic heterocycles. The van der Waals surface area contributed by atoms with Gasteiger partial charge < -0.3 is 19.6 Å². The predicted octanol–water partition coefficient (Wildman–Crippen LogP) is 6.29. The van der Waals surface area contributed by atoms with Crippen LogP contribution in [-0.2, 0) is 0 Å². The van der Waals surface area contributed by atoms with Crippen LogP contribution in [-0.4, -0.2) is 34.1 Å². The van der Waals surface area contributed by atoms with Gasteiger partial charge in [-0.3, -0.25) is 14.7 Å². The molecule has 0 fully saturated rings. The number of anilines is 1. The first kappa shape index (κ1) is 24.1. The lowest BCUT2D eigenvalue weighted by Crippen LogP contribution is -2.14. The number of ether oxygens (including phenoxy) is 1. The molecule has 0 unspecified atom stereocenters. The van der Waals surface area contributed by atoms with Crippen molar-refractivity contribution in [2.45, 2.75) is 13.8 Å². The molecule has 0 aliphatic carbocycles. The number of ketones is 1. The summed E-state index contributed by atoms with van der Waals surface area (Å²) in [4.78, 5) is 26.6. The second-order valence-corrected chi connectivity index (χ2v) is 8.99. The predicted molar refractivity (Wildman–Crippen MR) is 141 cm³/mol. The molecule has 1 amide bonds. The van der Waals surface area contributed by atoms with E-state index in [1.54, 1.807) is 49.4 Å². The Labute approximate surface area is 216 Å². The van der Waals surface area contributed by atoms with E-state index in [1.165, 1.54) is 19.2 Å². The maximum atomic E-state index is 13.4. The van der Waals surface area contributed by atoms with Crippen molar-refractivity contribution in [2.75, 3.05) is 12.4 Å². The van der Waals surface area contributed by atoms with Crippen LogP contribution >= 0.6 is 11.6 Å². The van der Waals surface area contributed by atoms with Crippen LogP contribution in [0.2, 0.25) is 5.02 Å². The highest BCUT2D eigenvalue weighted by Gasteiger charge is 2.25. The fourth-order valence-electron chi connectivity index (χ4n) is 4.18. The number of amides is 1. The number of aryl methyl sites for hydroxylation is 2. The number of rotatable bonds is 6. The van der Waals surface area contributed by atoms with Gasteiger partial charge in [-0.25, -0.2) is 0 Å². The van der Waals surface area contributed by atoms with Gasteiger partial charge in [0.1, 0.15) is 22.8 Å². The molecule has 0 saturated carbocycles. The Kier molecular flexibility index (Phi) is 6.19. The number of aromatic hydroxyl groups is 1. The summed E-state index contributed by atoms with van der Waals surface area (Å²) in [6.45, 7) is 3.71. The van der Waals surface area contributed by atoms with E-state index in [-0.39, 0.29) is 33.5 Å². The average molecular weight is 516 g/mol. The summed E-state index contributed by atoms with van der Waals surface area (Å²) < 4.78 is 11.0. The first-order valence-corrected chi connectivity index (χ1v) is 11.7. The maximum Gasteiger partial charge on any atom is 0.273 e. The lowest BCUT2D eigenvalue weighted by Gasteiger charge is -2.07. The summed E-state index contributed by atoms with van der Waals surface area (Å²) in [7, 11) is 1.48. The number of benzene rings is 3. The van der Waals surface area contributed by atoms with E-state index in [4.69, 9.17) is 20.8 Å². The van der Waals surface area contributed by atoms with E-state index >= 15 is 0 Å². The van der Waals surface area contributed by atoms with Gasteiger partial charge in [0.15, 0.2) is 5.76 Å². The second kappa shape index (κ2) is 9.48. The zero-order valence-electron chi connectivity index (χ0n) is 20.2. The number of hydrogen-bond acceptors (Lipinski definition) is 6. The van der Waals surface area contributed by atoms with Gasteiger partial charge in [0.25, 0.3) is 5.91 Å². The Bertz CT molecular complexity index is 1680. The standard InChI is InChI=1S/C28H22ClN3O5/c1-14-10-15(2)25(33)18(11-14)20-13-21(32-31-20)28(35)30-24-17-6-4-5-7-22(17)37-27(24)26(34)16-8-9-23(36-3)19(29)12-16/h4-13,33H,1-3H3,(H,30,35)(H,31,32). The SMILES string of the molecule is COc1ccc(C(=O)c2oc3ccccc3c2NC(=O)c2cc(-c3cc(C)cc(C)c3O)n[nH]2)cc1Cl. The minimum Gasteiger partial charge on any atom is -0.507 e. The highest BCUT2D eigenvalue weighted by Crippen LogP contribution is 2.35. The number of nitrogens with zero attached hydrogens (tertiary/aromatic N) is 1. The summed E-state index contributed by atoms with van der Waals surface area (Å²) >= 11 is 6.22. The van der Waals surface area contributed by atoms with Crippen molar-refractivity contribution >= 4 is 39.9 Å². The molecule has 37 heavy (non-hydrogen) atoms. The van der Waals surface area contributed by atoms with Gasteiger partial charge in [-0.1, -0.05) is 29.8 Å². The second-order valence-electron chi connectivity index (χ2n) is 8.58. The third kappa shape index (κ3) is 4.43. The van der Waals surface area contributed by atoms with Crippen LogP contribution in [0, 0.1) is 13.8 Å². The number of furan rings is 1. The van der Waals surface area contributed by atoms with Crippen molar-refractivity contribution in [1.29, 1.82) is 0 Å². The molecule has 5 rings (SSSR count). The van der Waals surface area contributed by atoms with Gasteiger partial charge in [0, 0.05) is 16.5 Å². The maximum absolute atomic E-state index is 13.4. The van der Waals surface area contributed by atoms with Gasteiger partial charge in [-0.05, 0) is 67.4 Å². The molecule has 0 bridgehead atoms. The van der Waals surface area contributed by atoms with Crippen molar-refractivity contribution in [3.05, 3.63) is 93.8 Å². The molecule has 3 aromatic carbocycles. The molecule has 2 heterocycles. The number of phenols is 1. The number of halogens is 1. The minimum absolute atomic E-state index is 0.0394. The Morgan fingerprint density at radius 2 is 1.86 bits per heavy atom. The Balaban J connectivity index is 1.51. The topological polar surface area (TPSA) is 117 Å². The molecule has 9 heteroatoms. The van der Waals surface area contributed by atoms with Crippen molar-refractivity contribution in [3.63, 3.8) is 0 Å². The minimum atomic E-state index is -0.531. The molecule has 5 aromatic rings. The summed E-state index contributed by atoms with van der Waals surface area (Å²) in [5, 5.41) is 21.0. The van der Waals surface area contributed by atoms with E-state index in [0.717, 1.165) is 5.56 Å². The quantitative estimate of drug-likeness (QED) is 0.229. The van der Waals surface area contributed by atoms with Crippen LogP contribution in [0.5, 0.6) is 11.5 Å². The largest absolute Gasteiger partial charge is 0.507 e. The van der Waals surface area contributed by atoms with Crippen LogP contribution in [0.3, 0.4) is 0 Å².